The Kier molecular flexibility index (Phi) is 4.80. The average molecular weight is 292 g/mol. The maximum atomic E-state index is 12.1. The predicted molar refractivity (Wildman–Crippen MR) is 78.2 cm³/mol. The van der Waals surface area contributed by atoms with Gasteiger partial charge in [0.1, 0.15) is 5.75 Å². The van der Waals surface area contributed by atoms with Gasteiger partial charge >= 0.3 is 5.97 Å². The Morgan fingerprint density at radius 3 is 2.62 bits per heavy atom. The van der Waals surface area contributed by atoms with Crippen LogP contribution < -0.4 is 15.8 Å². The minimum Gasteiger partial charge on any atom is -0.480 e. The lowest BCUT2D eigenvalue weighted by atomic mass is 9.66. The lowest BCUT2D eigenvalue weighted by molar-refractivity contribution is -0.139. The highest BCUT2D eigenvalue weighted by Crippen LogP contribution is 2.43. The molecule has 21 heavy (non-hydrogen) atoms. The Bertz CT molecular complexity index is 521. The molecule has 1 amide bonds. The van der Waals surface area contributed by atoms with Gasteiger partial charge in [-0.2, -0.15) is 0 Å². The summed E-state index contributed by atoms with van der Waals surface area (Å²) in [6.45, 7) is 0.0667. The van der Waals surface area contributed by atoms with Gasteiger partial charge in [-0.25, -0.2) is 4.79 Å². The summed E-state index contributed by atoms with van der Waals surface area (Å²) in [4.78, 5) is 22.7. The third-order valence-corrected chi connectivity index (χ3v) is 3.90. The number of carbonyl (C=O) groups is 2. The van der Waals surface area contributed by atoms with E-state index in [0.717, 1.165) is 19.3 Å². The molecule has 1 aliphatic rings. The van der Waals surface area contributed by atoms with Crippen LogP contribution in [-0.2, 0) is 9.59 Å². The number of hydrogen-bond acceptors (Lipinski definition) is 4. The standard InChI is InChI=1S/C15H20N2O4/c16-10-15(6-3-7-15)8-13(18)17-11-4-1-2-5-12(11)21-9-14(19)20/h1-2,4-5H,3,6-10,16H2,(H,17,18)(H,19,20). The van der Waals surface area contributed by atoms with Crippen LogP contribution in [0, 0.1) is 5.41 Å². The van der Waals surface area contributed by atoms with E-state index in [0.29, 0.717) is 24.4 Å². The average Bonchev–Trinajstić information content (AvgIpc) is 2.42. The van der Waals surface area contributed by atoms with Gasteiger partial charge in [0.15, 0.2) is 6.61 Å². The second-order valence-corrected chi connectivity index (χ2v) is 5.46. The summed E-state index contributed by atoms with van der Waals surface area (Å²) in [5, 5.41) is 11.4. The number of ether oxygens (including phenoxy) is 1. The van der Waals surface area contributed by atoms with Crippen LogP contribution in [0.3, 0.4) is 0 Å². The van der Waals surface area contributed by atoms with Crippen molar-refractivity contribution in [3.8, 4) is 5.75 Å². The van der Waals surface area contributed by atoms with Gasteiger partial charge in [-0.05, 0) is 36.9 Å². The molecule has 0 saturated heterocycles. The summed E-state index contributed by atoms with van der Waals surface area (Å²) in [6.07, 6.45) is 3.46. The number of hydrogen-bond donors (Lipinski definition) is 3. The van der Waals surface area contributed by atoms with Gasteiger partial charge in [0.25, 0.3) is 0 Å². The van der Waals surface area contributed by atoms with Gasteiger partial charge < -0.3 is 20.9 Å². The van der Waals surface area contributed by atoms with Crippen molar-refractivity contribution in [3.05, 3.63) is 24.3 Å². The molecule has 0 aliphatic heterocycles. The molecule has 1 fully saturated rings. The smallest absolute Gasteiger partial charge is 0.341 e. The van der Waals surface area contributed by atoms with Gasteiger partial charge in [0, 0.05) is 6.42 Å². The van der Waals surface area contributed by atoms with Crippen LogP contribution in [0.4, 0.5) is 5.69 Å². The number of carboxylic acid groups (broad SMARTS) is 1. The Labute approximate surface area is 123 Å². The summed E-state index contributed by atoms with van der Waals surface area (Å²) in [5.41, 5.74) is 6.16. The number of aliphatic carboxylic acids is 1. The van der Waals surface area contributed by atoms with Crippen molar-refractivity contribution in [1.82, 2.24) is 0 Å². The van der Waals surface area contributed by atoms with E-state index in [2.05, 4.69) is 5.32 Å². The molecule has 2 rings (SSSR count). The van der Waals surface area contributed by atoms with Crippen LogP contribution in [-0.4, -0.2) is 30.1 Å². The van der Waals surface area contributed by atoms with Gasteiger partial charge in [-0.3, -0.25) is 4.79 Å². The lowest BCUT2D eigenvalue weighted by Gasteiger charge is -2.40. The molecule has 4 N–H and O–H groups in total. The Morgan fingerprint density at radius 2 is 2.05 bits per heavy atom. The zero-order chi connectivity index (χ0) is 15.3. The van der Waals surface area contributed by atoms with Crippen molar-refractivity contribution < 1.29 is 19.4 Å². The number of amides is 1. The summed E-state index contributed by atoms with van der Waals surface area (Å²) < 4.78 is 5.16. The number of anilines is 1. The molecule has 1 aromatic carbocycles. The SMILES string of the molecule is NCC1(CC(=O)Nc2ccccc2OCC(=O)O)CCC1. The van der Waals surface area contributed by atoms with E-state index in [1.165, 1.54) is 0 Å². The second-order valence-electron chi connectivity index (χ2n) is 5.46. The van der Waals surface area contributed by atoms with Gasteiger partial charge in [-0.15, -0.1) is 0 Å². The molecular formula is C15H20N2O4. The number of carbonyl (C=O) groups excluding carboxylic acids is 1. The zero-order valence-corrected chi connectivity index (χ0v) is 11.8. The first kappa shape index (κ1) is 15.3. The molecule has 6 nitrogen and oxygen atoms in total. The van der Waals surface area contributed by atoms with Crippen LogP contribution >= 0.6 is 0 Å². The van der Waals surface area contributed by atoms with Crippen molar-refractivity contribution in [2.24, 2.45) is 11.1 Å². The summed E-state index contributed by atoms with van der Waals surface area (Å²) in [7, 11) is 0. The first-order chi connectivity index (χ1) is 10.0. The molecule has 0 unspecified atom stereocenters. The molecule has 114 valence electrons. The van der Waals surface area contributed by atoms with Crippen LogP contribution in [0.1, 0.15) is 25.7 Å². The van der Waals surface area contributed by atoms with Crippen molar-refractivity contribution >= 4 is 17.6 Å². The topological polar surface area (TPSA) is 102 Å². The van der Waals surface area contributed by atoms with Gasteiger partial charge in [0.2, 0.25) is 5.91 Å². The third kappa shape index (κ3) is 3.95. The van der Waals surface area contributed by atoms with E-state index < -0.39 is 12.6 Å². The summed E-state index contributed by atoms with van der Waals surface area (Å²) >= 11 is 0. The minimum absolute atomic E-state index is 0.0685. The van der Waals surface area contributed by atoms with Crippen molar-refractivity contribution in [1.29, 1.82) is 0 Å². The largest absolute Gasteiger partial charge is 0.480 e. The van der Waals surface area contributed by atoms with Crippen LogP contribution in [0.5, 0.6) is 5.75 Å². The van der Waals surface area contributed by atoms with E-state index >= 15 is 0 Å². The Balaban J connectivity index is 1.98. The Morgan fingerprint density at radius 1 is 1.33 bits per heavy atom. The molecule has 1 saturated carbocycles. The number of nitrogens with two attached hydrogens (primary N) is 1. The van der Waals surface area contributed by atoms with Crippen molar-refractivity contribution in [2.45, 2.75) is 25.7 Å². The van der Waals surface area contributed by atoms with E-state index in [1.807, 2.05) is 0 Å². The van der Waals surface area contributed by atoms with Gasteiger partial charge in [0.05, 0.1) is 5.69 Å². The lowest BCUT2D eigenvalue weighted by Crippen LogP contribution is -2.40. The highest BCUT2D eigenvalue weighted by Gasteiger charge is 2.37. The van der Waals surface area contributed by atoms with E-state index in [1.54, 1.807) is 24.3 Å². The van der Waals surface area contributed by atoms with Crippen molar-refractivity contribution in [3.63, 3.8) is 0 Å². The van der Waals surface area contributed by atoms with E-state index in [4.69, 9.17) is 15.6 Å². The molecule has 1 aliphatic carbocycles. The van der Waals surface area contributed by atoms with E-state index in [-0.39, 0.29) is 11.3 Å². The third-order valence-electron chi connectivity index (χ3n) is 3.90. The normalized spacial score (nSPS) is 15.9. The van der Waals surface area contributed by atoms with Crippen LogP contribution in [0.15, 0.2) is 24.3 Å². The number of para-hydroxylation sites is 2. The number of carboxylic acids is 1. The minimum atomic E-state index is -1.06. The number of benzene rings is 1. The first-order valence-electron chi connectivity index (χ1n) is 6.98. The fourth-order valence-corrected chi connectivity index (χ4v) is 2.50. The van der Waals surface area contributed by atoms with Crippen LogP contribution in [0.2, 0.25) is 0 Å². The second kappa shape index (κ2) is 6.58. The monoisotopic (exact) mass is 292 g/mol. The highest BCUT2D eigenvalue weighted by atomic mass is 16.5. The molecule has 0 atom stereocenters. The van der Waals surface area contributed by atoms with Gasteiger partial charge in [-0.1, -0.05) is 18.6 Å². The summed E-state index contributed by atoms with van der Waals surface area (Å²) in [6, 6.07) is 6.79. The summed E-state index contributed by atoms with van der Waals surface area (Å²) in [5.74, 6) is -0.831. The van der Waals surface area contributed by atoms with Crippen molar-refractivity contribution in [2.75, 3.05) is 18.5 Å². The molecule has 0 spiro atoms. The fourth-order valence-electron chi connectivity index (χ4n) is 2.50. The molecular weight excluding hydrogens is 272 g/mol. The first-order valence-corrected chi connectivity index (χ1v) is 6.98. The molecule has 0 bridgehead atoms. The van der Waals surface area contributed by atoms with Crippen LogP contribution in [0.25, 0.3) is 0 Å². The molecule has 0 radical (unpaired) electrons. The maximum absolute atomic E-state index is 12.1. The predicted octanol–water partition coefficient (Wildman–Crippen LogP) is 1.61. The molecule has 6 heteroatoms. The number of rotatable bonds is 7. The molecule has 0 aromatic heterocycles. The molecule has 0 heterocycles. The molecule has 1 aromatic rings. The quantitative estimate of drug-likeness (QED) is 0.708. The number of nitrogens with one attached hydrogen (secondary N) is 1. The van der Waals surface area contributed by atoms with E-state index in [9.17, 15) is 9.59 Å². The zero-order valence-electron chi connectivity index (χ0n) is 11.8. The maximum Gasteiger partial charge on any atom is 0.341 e. The fraction of sp³-hybridized carbons (Fsp3) is 0.467. The Hall–Kier alpha value is -2.08. The highest BCUT2D eigenvalue weighted by molar-refractivity contribution is 5.92.